The third-order valence-electron chi connectivity index (χ3n) is 2.30. The van der Waals surface area contributed by atoms with Gasteiger partial charge in [-0.2, -0.15) is 0 Å². The summed E-state index contributed by atoms with van der Waals surface area (Å²) >= 11 is 11.5. The van der Waals surface area contributed by atoms with Gasteiger partial charge in [0.05, 0.1) is 16.3 Å². The van der Waals surface area contributed by atoms with Crippen LogP contribution in [0, 0.1) is 5.82 Å². The van der Waals surface area contributed by atoms with Crippen LogP contribution in [0.1, 0.15) is 10.4 Å². The number of halogens is 3. The largest absolute Gasteiger partial charge is 0.319 e. The van der Waals surface area contributed by atoms with E-state index < -0.39 is 11.7 Å². The lowest BCUT2D eigenvalue weighted by Gasteiger charge is -2.07. The molecule has 0 bridgehead atoms. The van der Waals surface area contributed by atoms with E-state index in [0.717, 1.165) is 6.07 Å². The van der Waals surface area contributed by atoms with E-state index in [9.17, 15) is 9.18 Å². The van der Waals surface area contributed by atoms with Gasteiger partial charge < -0.3 is 5.32 Å². The maximum absolute atomic E-state index is 13.5. The average Bonchev–Trinajstić information content (AvgIpc) is 2.33. The van der Waals surface area contributed by atoms with Crippen LogP contribution in [0.15, 0.2) is 42.5 Å². The first-order valence-corrected chi connectivity index (χ1v) is 5.84. The highest BCUT2D eigenvalue weighted by Gasteiger charge is 2.12. The van der Waals surface area contributed by atoms with Crippen LogP contribution in [0.5, 0.6) is 0 Å². The third-order valence-corrected chi connectivity index (χ3v) is 2.86. The second-order valence-corrected chi connectivity index (χ2v) is 4.40. The van der Waals surface area contributed by atoms with E-state index in [2.05, 4.69) is 5.32 Å². The highest BCUT2D eigenvalue weighted by molar-refractivity contribution is 6.34. The zero-order valence-electron chi connectivity index (χ0n) is 9.08. The van der Waals surface area contributed by atoms with Crippen molar-refractivity contribution in [3.8, 4) is 0 Å². The molecule has 2 nitrogen and oxygen atoms in total. The minimum atomic E-state index is -0.595. The van der Waals surface area contributed by atoms with Crippen LogP contribution in [0.25, 0.3) is 0 Å². The first-order valence-electron chi connectivity index (χ1n) is 5.09. The van der Waals surface area contributed by atoms with Crippen molar-refractivity contribution >= 4 is 34.8 Å². The molecule has 0 spiro atoms. The number of carbonyl (C=O) groups is 1. The van der Waals surface area contributed by atoms with Crippen LogP contribution in [0.4, 0.5) is 10.1 Å². The van der Waals surface area contributed by atoms with Crippen LogP contribution in [0.3, 0.4) is 0 Å². The molecule has 5 heteroatoms. The minimum Gasteiger partial charge on any atom is -0.319 e. The molecule has 0 aliphatic rings. The first-order chi connectivity index (χ1) is 8.58. The van der Waals surface area contributed by atoms with E-state index >= 15 is 0 Å². The summed E-state index contributed by atoms with van der Waals surface area (Å²) in [5, 5.41) is 3.01. The molecule has 92 valence electrons. The van der Waals surface area contributed by atoms with Gasteiger partial charge in [0.1, 0.15) is 5.82 Å². The van der Waals surface area contributed by atoms with Gasteiger partial charge in [-0.05, 0) is 30.3 Å². The Bertz CT molecular complexity index is 601. The number of anilines is 1. The van der Waals surface area contributed by atoms with Crippen LogP contribution in [-0.2, 0) is 0 Å². The highest BCUT2D eigenvalue weighted by Crippen LogP contribution is 2.21. The van der Waals surface area contributed by atoms with Crippen LogP contribution < -0.4 is 5.32 Å². The van der Waals surface area contributed by atoms with Crippen molar-refractivity contribution in [3.63, 3.8) is 0 Å². The fraction of sp³-hybridized carbons (Fsp3) is 0. The fourth-order valence-electron chi connectivity index (χ4n) is 1.43. The molecule has 1 amide bonds. The Labute approximate surface area is 113 Å². The summed E-state index contributed by atoms with van der Waals surface area (Å²) < 4.78 is 13.5. The Morgan fingerprint density at radius 3 is 2.50 bits per heavy atom. The van der Waals surface area contributed by atoms with E-state index in [0.29, 0.717) is 5.02 Å². The van der Waals surface area contributed by atoms with Crippen LogP contribution >= 0.6 is 23.2 Å². The summed E-state index contributed by atoms with van der Waals surface area (Å²) in [6, 6.07) is 10.6. The average molecular weight is 284 g/mol. The summed E-state index contributed by atoms with van der Waals surface area (Å²) in [5.74, 6) is -1.07. The lowest BCUT2D eigenvalue weighted by Crippen LogP contribution is -2.13. The standard InChI is InChI=1S/C13H8Cl2FNO/c14-8-5-6-12(11(16)7-8)17-13(18)9-3-1-2-4-10(9)15/h1-7H,(H,17,18). The molecule has 0 radical (unpaired) electrons. The monoisotopic (exact) mass is 283 g/mol. The third kappa shape index (κ3) is 2.81. The summed E-state index contributed by atoms with van der Waals surface area (Å²) in [6.45, 7) is 0. The van der Waals surface area contributed by atoms with Gasteiger partial charge >= 0.3 is 0 Å². The number of amides is 1. The molecule has 0 saturated carbocycles. The van der Waals surface area contributed by atoms with E-state index in [4.69, 9.17) is 23.2 Å². The number of nitrogens with one attached hydrogen (secondary N) is 1. The van der Waals surface area contributed by atoms with Crippen molar-refractivity contribution < 1.29 is 9.18 Å². The molecule has 0 atom stereocenters. The Morgan fingerprint density at radius 1 is 1.11 bits per heavy atom. The SMILES string of the molecule is O=C(Nc1ccc(Cl)cc1F)c1ccccc1Cl. The lowest BCUT2D eigenvalue weighted by molar-refractivity contribution is 0.102. The molecule has 0 heterocycles. The molecule has 1 N–H and O–H groups in total. The number of benzene rings is 2. The van der Waals surface area contributed by atoms with Gasteiger partial charge in [-0.1, -0.05) is 35.3 Å². The molecule has 0 aliphatic heterocycles. The molecular formula is C13H8Cl2FNO. The number of carbonyl (C=O) groups excluding carboxylic acids is 1. The quantitative estimate of drug-likeness (QED) is 0.870. The van der Waals surface area contributed by atoms with Gasteiger partial charge in [-0.15, -0.1) is 0 Å². The molecule has 2 aromatic carbocycles. The molecular weight excluding hydrogens is 276 g/mol. The minimum absolute atomic E-state index is 0.0596. The molecule has 0 unspecified atom stereocenters. The normalized spacial score (nSPS) is 10.2. The van der Waals surface area contributed by atoms with Crippen molar-refractivity contribution in [1.82, 2.24) is 0 Å². The molecule has 2 aromatic rings. The number of rotatable bonds is 2. The Balaban J connectivity index is 2.24. The predicted octanol–water partition coefficient (Wildman–Crippen LogP) is 4.38. The number of hydrogen-bond acceptors (Lipinski definition) is 1. The maximum atomic E-state index is 13.5. The Hall–Kier alpha value is -1.58. The van der Waals surface area contributed by atoms with Gasteiger partial charge in [0.15, 0.2) is 0 Å². The van der Waals surface area contributed by atoms with Crippen molar-refractivity contribution in [2.24, 2.45) is 0 Å². The van der Waals surface area contributed by atoms with Crippen molar-refractivity contribution in [1.29, 1.82) is 0 Å². The fourth-order valence-corrected chi connectivity index (χ4v) is 1.81. The zero-order valence-corrected chi connectivity index (χ0v) is 10.6. The second-order valence-electron chi connectivity index (χ2n) is 3.56. The predicted molar refractivity (Wildman–Crippen MR) is 70.8 cm³/mol. The van der Waals surface area contributed by atoms with E-state index in [-0.39, 0.29) is 16.3 Å². The molecule has 0 aromatic heterocycles. The second kappa shape index (κ2) is 5.38. The molecule has 18 heavy (non-hydrogen) atoms. The van der Waals surface area contributed by atoms with E-state index in [1.54, 1.807) is 24.3 Å². The van der Waals surface area contributed by atoms with Crippen molar-refractivity contribution in [3.05, 3.63) is 63.9 Å². The van der Waals surface area contributed by atoms with Gasteiger partial charge in [0.25, 0.3) is 5.91 Å². The Kier molecular flexibility index (Phi) is 3.84. The first kappa shape index (κ1) is 12.9. The summed E-state index contributed by atoms with van der Waals surface area (Å²) in [6.07, 6.45) is 0. The maximum Gasteiger partial charge on any atom is 0.257 e. The zero-order chi connectivity index (χ0) is 13.1. The topological polar surface area (TPSA) is 29.1 Å². The van der Waals surface area contributed by atoms with Gasteiger partial charge in [0.2, 0.25) is 0 Å². The Morgan fingerprint density at radius 2 is 1.83 bits per heavy atom. The van der Waals surface area contributed by atoms with Gasteiger partial charge in [0, 0.05) is 5.02 Å². The van der Waals surface area contributed by atoms with E-state index in [1.807, 2.05) is 0 Å². The summed E-state index contributed by atoms with van der Waals surface area (Å²) in [4.78, 5) is 11.9. The van der Waals surface area contributed by atoms with E-state index in [1.165, 1.54) is 12.1 Å². The lowest BCUT2D eigenvalue weighted by atomic mass is 10.2. The van der Waals surface area contributed by atoms with Gasteiger partial charge in [-0.25, -0.2) is 4.39 Å². The molecule has 0 fully saturated rings. The molecule has 2 rings (SSSR count). The van der Waals surface area contributed by atoms with Crippen LogP contribution in [-0.4, -0.2) is 5.91 Å². The van der Waals surface area contributed by atoms with Crippen molar-refractivity contribution in [2.45, 2.75) is 0 Å². The van der Waals surface area contributed by atoms with Gasteiger partial charge in [-0.3, -0.25) is 4.79 Å². The number of hydrogen-bond donors (Lipinski definition) is 1. The summed E-state index contributed by atoms with van der Waals surface area (Å²) in [7, 11) is 0. The molecule has 0 aliphatic carbocycles. The summed E-state index contributed by atoms with van der Waals surface area (Å²) in [5.41, 5.74) is 0.345. The highest BCUT2D eigenvalue weighted by atomic mass is 35.5. The van der Waals surface area contributed by atoms with Crippen molar-refractivity contribution in [2.75, 3.05) is 5.32 Å². The van der Waals surface area contributed by atoms with Crippen LogP contribution in [0.2, 0.25) is 10.0 Å². The molecule has 0 saturated heterocycles. The smallest absolute Gasteiger partial charge is 0.257 e.